The highest BCUT2D eigenvalue weighted by atomic mass is 31.2. The van der Waals surface area contributed by atoms with Gasteiger partial charge in [0.1, 0.15) is 5.40 Å². The predicted molar refractivity (Wildman–Crippen MR) is 102 cm³/mol. The van der Waals surface area contributed by atoms with Crippen molar-refractivity contribution in [2.24, 2.45) is 0 Å². The van der Waals surface area contributed by atoms with E-state index < -0.39 is 20.4 Å². The van der Waals surface area contributed by atoms with Crippen LogP contribution in [0.15, 0.2) is 23.3 Å². The van der Waals surface area contributed by atoms with Crippen molar-refractivity contribution in [3.05, 3.63) is 23.3 Å². The predicted octanol–water partition coefficient (Wildman–Crippen LogP) is 5.42. The Labute approximate surface area is 146 Å². The standard InChI is InChI=1S/C17H34O5P2/c1-15(2)11-10-13-16(3)12-8-6-5-7-9-14-17(23(4,18)19)24(20,21)22/h11-12,17H,5-10,13-14H2,1-4H3,(H,18,19)(H2,20,21,22)/b16-12+. The molecule has 0 saturated carbocycles. The van der Waals surface area contributed by atoms with Crippen molar-refractivity contribution in [1.29, 1.82) is 0 Å². The van der Waals surface area contributed by atoms with E-state index in [1.165, 1.54) is 11.1 Å². The minimum atomic E-state index is -4.52. The third-order valence-electron chi connectivity index (χ3n) is 3.94. The van der Waals surface area contributed by atoms with Gasteiger partial charge in [-0.25, -0.2) is 0 Å². The fourth-order valence-electron chi connectivity index (χ4n) is 2.55. The van der Waals surface area contributed by atoms with Crippen molar-refractivity contribution < 1.29 is 23.8 Å². The molecule has 0 aliphatic heterocycles. The Morgan fingerprint density at radius 3 is 2.00 bits per heavy atom. The minimum Gasteiger partial charge on any atom is -0.344 e. The van der Waals surface area contributed by atoms with Crippen molar-refractivity contribution in [3.63, 3.8) is 0 Å². The normalized spacial score (nSPS) is 16.5. The Balaban J connectivity index is 3.96. The lowest BCUT2D eigenvalue weighted by Crippen LogP contribution is -2.08. The zero-order valence-corrected chi connectivity index (χ0v) is 17.2. The van der Waals surface area contributed by atoms with Crippen molar-refractivity contribution in [2.75, 3.05) is 6.66 Å². The molecule has 3 N–H and O–H groups in total. The summed E-state index contributed by atoms with van der Waals surface area (Å²) in [4.78, 5) is 27.8. The van der Waals surface area contributed by atoms with Crippen LogP contribution in [0.5, 0.6) is 0 Å². The van der Waals surface area contributed by atoms with Crippen molar-refractivity contribution in [2.45, 2.75) is 77.5 Å². The van der Waals surface area contributed by atoms with Crippen LogP contribution in [0.3, 0.4) is 0 Å². The number of rotatable bonds is 12. The molecule has 2 atom stereocenters. The SMILES string of the molecule is CC(C)=CCC/C(C)=C/CCCCCCC(P(C)(=O)O)P(=O)(O)O. The van der Waals surface area contributed by atoms with E-state index >= 15 is 0 Å². The first-order valence-electron chi connectivity index (χ1n) is 8.58. The van der Waals surface area contributed by atoms with Crippen LogP contribution < -0.4 is 0 Å². The first-order chi connectivity index (χ1) is 10.9. The van der Waals surface area contributed by atoms with Crippen LogP contribution in [0.4, 0.5) is 0 Å². The van der Waals surface area contributed by atoms with Crippen LogP contribution in [0, 0.1) is 0 Å². The first kappa shape index (κ1) is 23.8. The molecule has 0 aromatic rings. The van der Waals surface area contributed by atoms with Crippen LogP contribution in [-0.2, 0) is 9.13 Å². The number of hydrogen-bond acceptors (Lipinski definition) is 2. The Kier molecular flexibility index (Phi) is 11.4. The second-order valence-electron chi connectivity index (χ2n) is 6.88. The quantitative estimate of drug-likeness (QED) is 0.239. The maximum absolute atomic E-state index is 11.6. The molecular weight excluding hydrogens is 346 g/mol. The molecular formula is C17H34O5P2. The molecule has 0 fully saturated rings. The Bertz CT molecular complexity index is 487. The van der Waals surface area contributed by atoms with Crippen LogP contribution in [-0.4, -0.2) is 26.7 Å². The van der Waals surface area contributed by atoms with E-state index in [1.54, 1.807) is 0 Å². The third-order valence-corrected chi connectivity index (χ3v) is 8.53. The summed E-state index contributed by atoms with van der Waals surface area (Å²) in [6, 6.07) is 0. The highest BCUT2D eigenvalue weighted by Gasteiger charge is 2.39. The molecule has 0 heterocycles. The largest absolute Gasteiger partial charge is 0.344 e. The summed E-state index contributed by atoms with van der Waals surface area (Å²) >= 11 is 0. The van der Waals surface area contributed by atoms with Gasteiger partial charge in [-0.15, -0.1) is 0 Å². The van der Waals surface area contributed by atoms with E-state index in [0.717, 1.165) is 45.2 Å². The van der Waals surface area contributed by atoms with Crippen LogP contribution in [0.1, 0.15) is 72.1 Å². The van der Waals surface area contributed by atoms with E-state index in [0.29, 0.717) is 6.42 Å². The fourth-order valence-corrected chi connectivity index (χ4v) is 5.96. The van der Waals surface area contributed by atoms with Gasteiger partial charge < -0.3 is 14.7 Å². The smallest absolute Gasteiger partial charge is 0.338 e. The second kappa shape index (κ2) is 11.4. The molecule has 5 nitrogen and oxygen atoms in total. The number of hydrogen-bond donors (Lipinski definition) is 3. The van der Waals surface area contributed by atoms with E-state index in [9.17, 15) is 23.8 Å². The van der Waals surface area contributed by atoms with Gasteiger partial charge in [0.15, 0.2) is 0 Å². The van der Waals surface area contributed by atoms with Crippen LogP contribution in [0.2, 0.25) is 0 Å². The summed E-state index contributed by atoms with van der Waals surface area (Å²) in [6.07, 6.45) is 11.1. The molecule has 142 valence electrons. The molecule has 0 amide bonds. The van der Waals surface area contributed by atoms with Gasteiger partial charge in [0.05, 0.1) is 0 Å². The molecule has 0 aliphatic rings. The van der Waals surface area contributed by atoms with E-state index in [4.69, 9.17) is 0 Å². The topological polar surface area (TPSA) is 94.8 Å². The molecule has 7 heteroatoms. The molecule has 0 aliphatic carbocycles. The molecule has 0 bridgehead atoms. The van der Waals surface area contributed by atoms with Gasteiger partial charge in [-0.3, -0.25) is 9.13 Å². The zero-order chi connectivity index (χ0) is 18.8. The molecule has 0 saturated heterocycles. The molecule has 0 radical (unpaired) electrons. The zero-order valence-electron chi connectivity index (χ0n) is 15.4. The van der Waals surface area contributed by atoms with Gasteiger partial charge in [-0.2, -0.15) is 0 Å². The highest BCUT2D eigenvalue weighted by molar-refractivity contribution is 7.73. The summed E-state index contributed by atoms with van der Waals surface area (Å²) < 4.78 is 22.9. The molecule has 2 unspecified atom stereocenters. The lowest BCUT2D eigenvalue weighted by atomic mass is 10.1. The summed E-state index contributed by atoms with van der Waals surface area (Å²) in [5.41, 5.74) is 2.73. The average molecular weight is 380 g/mol. The summed E-state index contributed by atoms with van der Waals surface area (Å²) in [7, 11) is -8.28. The van der Waals surface area contributed by atoms with E-state index in [-0.39, 0.29) is 6.42 Å². The molecule has 0 rings (SSSR count). The van der Waals surface area contributed by atoms with Crippen LogP contribution >= 0.6 is 15.0 Å². The summed E-state index contributed by atoms with van der Waals surface area (Å²) in [5.74, 6) is 0. The van der Waals surface area contributed by atoms with E-state index in [1.807, 2.05) is 0 Å². The Hall–Kier alpha value is -0.180. The monoisotopic (exact) mass is 380 g/mol. The lowest BCUT2D eigenvalue weighted by molar-refractivity contribution is 0.359. The van der Waals surface area contributed by atoms with Gasteiger partial charge in [0.2, 0.25) is 7.37 Å². The third kappa shape index (κ3) is 12.2. The molecule has 24 heavy (non-hydrogen) atoms. The van der Waals surface area contributed by atoms with Gasteiger partial charge in [-0.05, 0) is 52.9 Å². The summed E-state index contributed by atoms with van der Waals surface area (Å²) in [5, 5.41) is -1.41. The number of allylic oxidation sites excluding steroid dienone is 4. The maximum Gasteiger partial charge on any atom is 0.338 e. The first-order valence-corrected chi connectivity index (χ1v) is 12.4. The molecule has 0 spiro atoms. The van der Waals surface area contributed by atoms with Gasteiger partial charge in [0.25, 0.3) is 0 Å². The Morgan fingerprint density at radius 2 is 1.50 bits per heavy atom. The van der Waals surface area contributed by atoms with Crippen molar-refractivity contribution in [3.8, 4) is 0 Å². The van der Waals surface area contributed by atoms with E-state index in [2.05, 4.69) is 32.9 Å². The van der Waals surface area contributed by atoms with Crippen LogP contribution in [0.25, 0.3) is 0 Å². The lowest BCUT2D eigenvalue weighted by Gasteiger charge is -2.20. The minimum absolute atomic E-state index is 0.103. The number of unbranched alkanes of at least 4 members (excludes halogenated alkanes) is 4. The van der Waals surface area contributed by atoms with Crippen molar-refractivity contribution >= 4 is 15.0 Å². The highest BCUT2D eigenvalue weighted by Crippen LogP contribution is 2.61. The molecule has 0 aromatic carbocycles. The van der Waals surface area contributed by atoms with Crippen molar-refractivity contribution in [1.82, 2.24) is 0 Å². The second-order valence-corrected chi connectivity index (χ2v) is 11.6. The maximum atomic E-state index is 11.6. The van der Waals surface area contributed by atoms with Gasteiger partial charge >= 0.3 is 7.60 Å². The molecule has 0 aromatic heterocycles. The van der Waals surface area contributed by atoms with Gasteiger partial charge in [-0.1, -0.05) is 42.6 Å². The average Bonchev–Trinajstić information content (AvgIpc) is 2.38. The fraction of sp³-hybridized carbons (Fsp3) is 0.765. The Morgan fingerprint density at radius 1 is 0.917 bits per heavy atom. The summed E-state index contributed by atoms with van der Waals surface area (Å²) in [6.45, 7) is 7.37. The van der Waals surface area contributed by atoms with Gasteiger partial charge in [0, 0.05) is 6.66 Å².